The molecule has 4 rings (SSSR count). The SMILES string of the molecule is COc1c(Cl)cc(Cl)cc1/C(O)=C1/C(=O)C(=O)N(c2ccc(F)c(F)c2)C1c1cccs1. The van der Waals surface area contributed by atoms with Crippen molar-refractivity contribution in [3.63, 3.8) is 0 Å². The highest BCUT2D eigenvalue weighted by Crippen LogP contribution is 2.46. The highest BCUT2D eigenvalue weighted by molar-refractivity contribution is 7.10. The van der Waals surface area contributed by atoms with Crippen molar-refractivity contribution in [2.75, 3.05) is 12.0 Å². The molecule has 1 N–H and O–H groups in total. The van der Waals surface area contributed by atoms with Crippen LogP contribution in [0.25, 0.3) is 5.76 Å². The number of benzene rings is 2. The number of halogens is 4. The summed E-state index contributed by atoms with van der Waals surface area (Å²) in [5.74, 6) is -4.81. The molecule has 5 nitrogen and oxygen atoms in total. The summed E-state index contributed by atoms with van der Waals surface area (Å²) in [7, 11) is 1.32. The standard InChI is InChI=1S/C22H13Cl2F2NO4S/c1-31-21-12(7-10(23)8-13(21)24)19(28)17-18(16-3-2-6-32-16)27(22(30)20(17)29)11-4-5-14(25)15(26)9-11/h2-9,18,28H,1H3/b19-17-. The Morgan fingerprint density at radius 3 is 2.50 bits per heavy atom. The number of amides is 1. The van der Waals surface area contributed by atoms with E-state index >= 15 is 0 Å². The normalized spacial score (nSPS) is 17.8. The number of hydrogen-bond donors (Lipinski definition) is 1. The smallest absolute Gasteiger partial charge is 0.300 e. The van der Waals surface area contributed by atoms with E-state index in [1.54, 1.807) is 17.5 Å². The summed E-state index contributed by atoms with van der Waals surface area (Å²) in [6.45, 7) is 0. The van der Waals surface area contributed by atoms with Crippen LogP contribution in [-0.2, 0) is 9.59 Å². The Morgan fingerprint density at radius 2 is 1.88 bits per heavy atom. The van der Waals surface area contributed by atoms with Gasteiger partial charge in [0.15, 0.2) is 11.6 Å². The van der Waals surface area contributed by atoms with Crippen molar-refractivity contribution in [3.05, 3.63) is 85.5 Å². The fraction of sp³-hybridized carbons (Fsp3) is 0.0909. The monoisotopic (exact) mass is 495 g/mol. The van der Waals surface area contributed by atoms with Crippen LogP contribution in [0.5, 0.6) is 5.75 Å². The fourth-order valence-electron chi connectivity index (χ4n) is 3.54. The molecule has 1 amide bonds. The van der Waals surface area contributed by atoms with Gasteiger partial charge in [0.1, 0.15) is 17.6 Å². The largest absolute Gasteiger partial charge is 0.507 e. The van der Waals surface area contributed by atoms with Gasteiger partial charge in [-0.1, -0.05) is 29.3 Å². The molecule has 0 aliphatic carbocycles. The van der Waals surface area contributed by atoms with E-state index in [4.69, 9.17) is 27.9 Å². The molecule has 164 valence electrons. The van der Waals surface area contributed by atoms with E-state index in [2.05, 4.69) is 0 Å². The fourth-order valence-corrected chi connectivity index (χ4v) is 4.93. The van der Waals surface area contributed by atoms with Crippen LogP contribution in [0.3, 0.4) is 0 Å². The summed E-state index contributed by atoms with van der Waals surface area (Å²) in [5.41, 5.74) is -0.298. The minimum atomic E-state index is -1.18. The van der Waals surface area contributed by atoms with Gasteiger partial charge in [-0.25, -0.2) is 8.78 Å². The van der Waals surface area contributed by atoms with Gasteiger partial charge in [-0.3, -0.25) is 14.5 Å². The van der Waals surface area contributed by atoms with Crippen molar-refractivity contribution < 1.29 is 28.2 Å². The van der Waals surface area contributed by atoms with E-state index in [0.717, 1.165) is 17.0 Å². The van der Waals surface area contributed by atoms with E-state index in [0.29, 0.717) is 4.88 Å². The number of ketones is 1. The number of rotatable bonds is 4. The zero-order valence-electron chi connectivity index (χ0n) is 16.2. The Balaban J connectivity index is 1.99. The number of Topliss-reactive ketones (excluding diaryl/α,β-unsaturated/α-hetero) is 1. The van der Waals surface area contributed by atoms with Crippen molar-refractivity contribution in [2.45, 2.75) is 6.04 Å². The topological polar surface area (TPSA) is 66.8 Å². The summed E-state index contributed by atoms with van der Waals surface area (Å²) in [5, 5.41) is 13.1. The quantitative estimate of drug-likeness (QED) is 0.275. The summed E-state index contributed by atoms with van der Waals surface area (Å²) in [6, 6.07) is 7.86. The maximum Gasteiger partial charge on any atom is 0.300 e. The Bertz CT molecular complexity index is 1280. The Kier molecular flexibility index (Phi) is 5.94. The predicted molar refractivity (Wildman–Crippen MR) is 118 cm³/mol. The second-order valence-corrected chi connectivity index (χ2v) is 8.57. The highest BCUT2D eigenvalue weighted by atomic mass is 35.5. The Labute approximate surface area is 195 Å². The van der Waals surface area contributed by atoms with Gasteiger partial charge in [0, 0.05) is 21.7 Å². The van der Waals surface area contributed by atoms with Gasteiger partial charge in [-0.15, -0.1) is 11.3 Å². The Morgan fingerprint density at radius 1 is 1.12 bits per heavy atom. The van der Waals surface area contributed by atoms with E-state index in [-0.39, 0.29) is 32.6 Å². The van der Waals surface area contributed by atoms with Gasteiger partial charge in [-0.05, 0) is 35.7 Å². The molecule has 1 fully saturated rings. The number of thiophene rings is 1. The van der Waals surface area contributed by atoms with Gasteiger partial charge >= 0.3 is 0 Å². The molecule has 10 heteroatoms. The summed E-state index contributed by atoms with van der Waals surface area (Å²) in [6.07, 6.45) is 0. The van der Waals surface area contributed by atoms with Crippen LogP contribution < -0.4 is 9.64 Å². The number of ether oxygens (including phenoxy) is 1. The number of aliphatic hydroxyl groups is 1. The molecule has 1 aliphatic heterocycles. The van der Waals surface area contributed by atoms with Crippen LogP contribution >= 0.6 is 34.5 Å². The number of aliphatic hydroxyl groups excluding tert-OH is 1. The van der Waals surface area contributed by atoms with Gasteiger partial charge in [-0.2, -0.15) is 0 Å². The molecule has 1 saturated heterocycles. The molecular weight excluding hydrogens is 483 g/mol. The number of carbonyl (C=O) groups is 2. The number of methoxy groups -OCH3 is 1. The average Bonchev–Trinajstić information content (AvgIpc) is 3.36. The second kappa shape index (κ2) is 8.54. The molecule has 0 saturated carbocycles. The molecule has 3 aromatic rings. The van der Waals surface area contributed by atoms with E-state index < -0.39 is 35.1 Å². The molecule has 2 heterocycles. The lowest BCUT2D eigenvalue weighted by molar-refractivity contribution is -0.132. The first kappa shape index (κ1) is 22.3. The first-order valence-corrected chi connectivity index (χ1v) is 10.7. The van der Waals surface area contributed by atoms with Gasteiger partial charge in [0.05, 0.1) is 23.3 Å². The highest BCUT2D eigenvalue weighted by Gasteiger charge is 2.48. The first-order chi connectivity index (χ1) is 15.2. The minimum absolute atomic E-state index is 0.00911. The molecule has 2 aromatic carbocycles. The van der Waals surface area contributed by atoms with Crippen molar-refractivity contribution in [2.24, 2.45) is 0 Å². The molecule has 1 aliphatic rings. The van der Waals surface area contributed by atoms with Crippen molar-refractivity contribution in [3.8, 4) is 5.75 Å². The van der Waals surface area contributed by atoms with Crippen molar-refractivity contribution in [1.29, 1.82) is 0 Å². The number of anilines is 1. The lowest BCUT2D eigenvalue weighted by Gasteiger charge is -2.24. The van der Waals surface area contributed by atoms with Gasteiger partial charge in [0.2, 0.25) is 0 Å². The minimum Gasteiger partial charge on any atom is -0.507 e. The van der Waals surface area contributed by atoms with Gasteiger partial charge < -0.3 is 9.84 Å². The third-order valence-electron chi connectivity index (χ3n) is 4.91. The number of nitrogens with zero attached hydrogens (tertiary/aromatic N) is 1. The van der Waals surface area contributed by atoms with Crippen LogP contribution in [0.2, 0.25) is 10.0 Å². The zero-order valence-corrected chi connectivity index (χ0v) is 18.6. The summed E-state index contributed by atoms with van der Waals surface area (Å²) >= 11 is 13.5. The van der Waals surface area contributed by atoms with Crippen LogP contribution in [0.15, 0.2) is 53.4 Å². The van der Waals surface area contributed by atoms with E-state index in [1.807, 2.05) is 0 Å². The van der Waals surface area contributed by atoms with Crippen LogP contribution in [0.1, 0.15) is 16.5 Å². The third-order valence-corrected chi connectivity index (χ3v) is 6.33. The summed E-state index contributed by atoms with van der Waals surface area (Å²) < 4.78 is 32.7. The molecule has 1 aromatic heterocycles. The second-order valence-electron chi connectivity index (χ2n) is 6.75. The number of carbonyl (C=O) groups excluding carboxylic acids is 2. The number of hydrogen-bond acceptors (Lipinski definition) is 5. The summed E-state index contributed by atoms with van der Waals surface area (Å²) in [4.78, 5) is 27.6. The zero-order chi connectivity index (χ0) is 23.2. The van der Waals surface area contributed by atoms with Gasteiger partial charge in [0.25, 0.3) is 11.7 Å². The lowest BCUT2D eigenvalue weighted by atomic mass is 9.99. The maximum absolute atomic E-state index is 13.9. The van der Waals surface area contributed by atoms with E-state index in [1.165, 1.54) is 36.6 Å². The van der Waals surface area contributed by atoms with E-state index in [9.17, 15) is 23.5 Å². The van der Waals surface area contributed by atoms with Crippen LogP contribution in [-0.4, -0.2) is 23.9 Å². The van der Waals surface area contributed by atoms with Crippen LogP contribution in [0.4, 0.5) is 14.5 Å². The molecular formula is C22H13Cl2F2NO4S. The molecule has 0 bridgehead atoms. The predicted octanol–water partition coefficient (Wildman–Crippen LogP) is 5.97. The molecule has 0 spiro atoms. The molecule has 32 heavy (non-hydrogen) atoms. The Hall–Kier alpha value is -2.94. The molecule has 1 atom stereocenters. The van der Waals surface area contributed by atoms with Crippen LogP contribution in [0, 0.1) is 11.6 Å². The van der Waals surface area contributed by atoms with Crippen molar-refractivity contribution in [1.82, 2.24) is 0 Å². The first-order valence-electron chi connectivity index (χ1n) is 9.07. The maximum atomic E-state index is 13.9. The molecule has 0 radical (unpaired) electrons. The third kappa shape index (κ3) is 3.64. The lowest BCUT2D eigenvalue weighted by Crippen LogP contribution is -2.29. The molecule has 1 unspecified atom stereocenters. The average molecular weight is 496 g/mol. The van der Waals surface area contributed by atoms with Crippen molar-refractivity contribution >= 4 is 57.7 Å².